The summed E-state index contributed by atoms with van der Waals surface area (Å²) >= 11 is 1.06. The molecule has 1 aliphatic rings. The monoisotopic (exact) mass is 431 g/mol. The average Bonchev–Trinajstić information content (AvgIpc) is 3.41. The van der Waals surface area contributed by atoms with Crippen molar-refractivity contribution < 1.29 is 13.3 Å². The van der Waals surface area contributed by atoms with Crippen LogP contribution in [0.2, 0.25) is 0 Å². The molecule has 0 spiro atoms. The van der Waals surface area contributed by atoms with Gasteiger partial charge < -0.3 is 0 Å². The van der Waals surface area contributed by atoms with Gasteiger partial charge in [0, 0.05) is 30.1 Å². The van der Waals surface area contributed by atoms with Crippen LogP contribution < -0.4 is 0 Å². The standard InChI is InChI=1S/C18H17N5O4S2/c24-23(25)15-8-9-16(17(12-15)29(26,27)21-10-4-5-11-21)28-18-19-13-22(20-18)14-6-2-1-3-7-14/h1-3,6-9,12-13H,4-5,10-11H2. The van der Waals surface area contributed by atoms with Crippen molar-refractivity contribution >= 4 is 27.5 Å². The van der Waals surface area contributed by atoms with Crippen LogP contribution in [0.15, 0.2) is 69.8 Å². The Bertz CT molecular complexity index is 1140. The molecule has 0 saturated carbocycles. The number of benzene rings is 2. The number of non-ortho nitro benzene ring substituents is 1. The van der Waals surface area contributed by atoms with Crippen LogP contribution in [-0.2, 0) is 10.0 Å². The zero-order valence-corrected chi connectivity index (χ0v) is 16.8. The third kappa shape index (κ3) is 4.02. The molecule has 0 atom stereocenters. The number of nitro groups is 1. The van der Waals surface area contributed by atoms with Gasteiger partial charge in [0.15, 0.2) is 0 Å². The lowest BCUT2D eigenvalue weighted by Crippen LogP contribution is -2.28. The Labute approximate surface area is 171 Å². The third-order valence-electron chi connectivity index (χ3n) is 4.51. The van der Waals surface area contributed by atoms with Gasteiger partial charge in [-0.2, -0.15) is 4.31 Å². The van der Waals surface area contributed by atoms with Crippen molar-refractivity contribution in [2.45, 2.75) is 27.8 Å². The van der Waals surface area contributed by atoms with E-state index in [1.807, 2.05) is 30.3 Å². The molecule has 29 heavy (non-hydrogen) atoms. The summed E-state index contributed by atoms with van der Waals surface area (Å²) < 4.78 is 29.1. The minimum absolute atomic E-state index is 0.0883. The Morgan fingerprint density at radius 2 is 1.79 bits per heavy atom. The molecule has 1 aliphatic heterocycles. The van der Waals surface area contributed by atoms with Crippen molar-refractivity contribution in [2.24, 2.45) is 0 Å². The van der Waals surface area contributed by atoms with E-state index in [9.17, 15) is 18.5 Å². The Morgan fingerprint density at radius 3 is 2.48 bits per heavy atom. The van der Waals surface area contributed by atoms with Gasteiger partial charge in [-0.25, -0.2) is 18.1 Å². The molecule has 9 nitrogen and oxygen atoms in total. The fourth-order valence-electron chi connectivity index (χ4n) is 3.06. The molecule has 0 unspecified atom stereocenters. The lowest BCUT2D eigenvalue weighted by atomic mass is 10.3. The number of para-hydroxylation sites is 1. The third-order valence-corrected chi connectivity index (χ3v) is 7.53. The van der Waals surface area contributed by atoms with E-state index in [2.05, 4.69) is 10.1 Å². The molecule has 1 fully saturated rings. The lowest BCUT2D eigenvalue weighted by Gasteiger charge is -2.17. The van der Waals surface area contributed by atoms with Gasteiger partial charge >= 0.3 is 0 Å². The predicted molar refractivity (Wildman–Crippen MR) is 107 cm³/mol. The highest BCUT2D eigenvalue weighted by Crippen LogP contribution is 2.35. The molecule has 1 aromatic heterocycles. The van der Waals surface area contributed by atoms with E-state index in [0.717, 1.165) is 36.4 Å². The van der Waals surface area contributed by atoms with Crippen molar-refractivity contribution in [3.8, 4) is 5.69 Å². The molecule has 2 heterocycles. The smallest absolute Gasteiger partial charge is 0.258 e. The second-order valence-electron chi connectivity index (χ2n) is 6.41. The van der Waals surface area contributed by atoms with Crippen LogP contribution in [0.25, 0.3) is 5.69 Å². The largest absolute Gasteiger partial charge is 0.270 e. The van der Waals surface area contributed by atoms with Gasteiger partial charge in [0.1, 0.15) is 11.2 Å². The number of aromatic nitrogens is 3. The number of nitro benzene ring substituents is 1. The predicted octanol–water partition coefficient (Wildman–Crippen LogP) is 3.11. The fraction of sp³-hybridized carbons (Fsp3) is 0.222. The minimum atomic E-state index is -3.85. The first-order chi connectivity index (χ1) is 13.9. The SMILES string of the molecule is O=[N+]([O-])c1ccc(Sc2ncn(-c3ccccc3)n2)c(S(=O)(=O)N2CCCC2)c1. The number of sulfonamides is 1. The molecule has 1 saturated heterocycles. The normalized spacial score (nSPS) is 14.9. The van der Waals surface area contributed by atoms with E-state index >= 15 is 0 Å². The van der Waals surface area contributed by atoms with Crippen molar-refractivity contribution in [1.29, 1.82) is 0 Å². The number of hydrogen-bond donors (Lipinski definition) is 0. The molecule has 0 N–H and O–H groups in total. The van der Waals surface area contributed by atoms with Crippen molar-refractivity contribution in [1.82, 2.24) is 19.1 Å². The van der Waals surface area contributed by atoms with E-state index in [1.165, 1.54) is 22.8 Å². The highest BCUT2D eigenvalue weighted by molar-refractivity contribution is 8.00. The summed E-state index contributed by atoms with van der Waals surface area (Å²) in [6.45, 7) is 0.825. The summed E-state index contributed by atoms with van der Waals surface area (Å²) in [7, 11) is -3.85. The second-order valence-corrected chi connectivity index (χ2v) is 9.32. The Kier molecular flexibility index (Phi) is 5.35. The number of hydrogen-bond acceptors (Lipinski definition) is 7. The second kappa shape index (κ2) is 7.93. The first-order valence-electron chi connectivity index (χ1n) is 8.89. The highest BCUT2D eigenvalue weighted by Gasteiger charge is 2.31. The molecule has 4 rings (SSSR count). The Morgan fingerprint density at radius 1 is 1.07 bits per heavy atom. The van der Waals surface area contributed by atoms with Gasteiger partial charge in [0.25, 0.3) is 5.69 Å². The summed E-state index contributed by atoms with van der Waals surface area (Å²) in [6.07, 6.45) is 3.09. The van der Waals surface area contributed by atoms with Crippen LogP contribution in [0.4, 0.5) is 5.69 Å². The maximum atomic E-state index is 13.1. The molecular weight excluding hydrogens is 414 g/mol. The molecule has 150 valence electrons. The minimum Gasteiger partial charge on any atom is -0.258 e. The summed E-state index contributed by atoms with van der Waals surface area (Å²) in [5.74, 6) is 0. The summed E-state index contributed by atoms with van der Waals surface area (Å²) in [5, 5.41) is 15.9. The van der Waals surface area contributed by atoms with Gasteiger partial charge in [-0.3, -0.25) is 10.1 Å². The summed E-state index contributed by atoms with van der Waals surface area (Å²) in [5.41, 5.74) is 0.551. The van der Waals surface area contributed by atoms with Crippen molar-refractivity contribution in [3.63, 3.8) is 0 Å². The van der Waals surface area contributed by atoms with Crippen molar-refractivity contribution in [3.05, 3.63) is 65.0 Å². The molecule has 0 bridgehead atoms. The van der Waals surface area contributed by atoms with Crippen molar-refractivity contribution in [2.75, 3.05) is 13.1 Å². The van der Waals surface area contributed by atoms with Crippen LogP contribution in [0.1, 0.15) is 12.8 Å². The molecule has 3 aromatic rings. The lowest BCUT2D eigenvalue weighted by molar-refractivity contribution is -0.385. The number of nitrogens with zero attached hydrogens (tertiary/aromatic N) is 5. The van der Waals surface area contributed by atoms with Crippen LogP contribution in [0, 0.1) is 10.1 Å². The van der Waals surface area contributed by atoms with Gasteiger partial charge in [-0.1, -0.05) is 18.2 Å². The first-order valence-corrected chi connectivity index (χ1v) is 11.1. The van der Waals surface area contributed by atoms with E-state index in [0.29, 0.717) is 23.1 Å². The van der Waals surface area contributed by atoms with E-state index in [1.54, 1.807) is 4.68 Å². The van der Waals surface area contributed by atoms with Crippen LogP contribution in [0.3, 0.4) is 0 Å². The van der Waals surface area contributed by atoms with Crippen LogP contribution >= 0.6 is 11.8 Å². The Balaban J connectivity index is 1.70. The zero-order valence-electron chi connectivity index (χ0n) is 15.2. The van der Waals surface area contributed by atoms with Gasteiger partial charge in [0.05, 0.1) is 10.6 Å². The Hall–Kier alpha value is -2.76. The maximum absolute atomic E-state index is 13.1. The molecular formula is C18H17N5O4S2. The van der Waals surface area contributed by atoms with Gasteiger partial charge in [-0.05, 0) is 42.8 Å². The van der Waals surface area contributed by atoms with Gasteiger partial charge in [-0.15, -0.1) is 5.10 Å². The highest BCUT2D eigenvalue weighted by atomic mass is 32.2. The molecule has 2 aromatic carbocycles. The van der Waals surface area contributed by atoms with Crippen LogP contribution in [-0.4, -0.2) is 45.5 Å². The van der Waals surface area contributed by atoms with Gasteiger partial charge in [0.2, 0.25) is 15.2 Å². The average molecular weight is 431 g/mol. The summed E-state index contributed by atoms with van der Waals surface area (Å²) in [6, 6.07) is 13.2. The summed E-state index contributed by atoms with van der Waals surface area (Å²) in [4.78, 5) is 15.1. The maximum Gasteiger partial charge on any atom is 0.270 e. The van der Waals surface area contributed by atoms with Crippen LogP contribution in [0.5, 0.6) is 0 Å². The van der Waals surface area contributed by atoms with E-state index in [4.69, 9.17) is 0 Å². The number of rotatable bonds is 6. The molecule has 0 aliphatic carbocycles. The quantitative estimate of drug-likeness (QED) is 0.435. The fourth-order valence-corrected chi connectivity index (χ4v) is 5.83. The van der Waals surface area contributed by atoms with E-state index in [-0.39, 0.29) is 10.6 Å². The molecule has 0 radical (unpaired) electrons. The molecule has 11 heteroatoms. The molecule has 0 amide bonds. The topological polar surface area (TPSA) is 111 Å². The zero-order chi connectivity index (χ0) is 20.4. The van der Waals surface area contributed by atoms with E-state index < -0.39 is 14.9 Å². The first kappa shape index (κ1) is 19.6.